The van der Waals surface area contributed by atoms with Crippen molar-refractivity contribution in [3.05, 3.63) is 52.5 Å². The normalized spacial score (nSPS) is 17.2. The van der Waals surface area contributed by atoms with E-state index in [0.717, 1.165) is 38.7 Å². The van der Waals surface area contributed by atoms with E-state index in [-0.39, 0.29) is 11.8 Å². The molecule has 0 spiro atoms. The van der Waals surface area contributed by atoms with Crippen LogP contribution in [-0.2, 0) is 4.79 Å². The molecule has 0 bridgehead atoms. The number of para-hydroxylation sites is 1. The highest BCUT2D eigenvalue weighted by Crippen LogP contribution is 2.40. The van der Waals surface area contributed by atoms with E-state index in [2.05, 4.69) is 26.9 Å². The molecule has 26 heavy (non-hydrogen) atoms. The van der Waals surface area contributed by atoms with Crippen molar-refractivity contribution in [3.63, 3.8) is 0 Å². The molecule has 0 N–H and O–H groups in total. The average Bonchev–Trinajstić information content (AvgIpc) is 2.76. The first-order chi connectivity index (χ1) is 12.5. The Bertz CT molecular complexity index is 797. The first-order valence-electron chi connectivity index (χ1n) is 8.52. The molecule has 1 aliphatic heterocycles. The first kappa shape index (κ1) is 19.3. The lowest BCUT2D eigenvalue weighted by Crippen LogP contribution is -2.39. The SMILES string of the molecule is COc1ccc(C2CSc3ccccc3N(CCN(C)C)C2=O)cc1Br. The van der Waals surface area contributed by atoms with Crippen LogP contribution in [0.2, 0.25) is 0 Å². The van der Waals surface area contributed by atoms with Gasteiger partial charge < -0.3 is 14.5 Å². The zero-order chi connectivity index (χ0) is 18.7. The number of carbonyl (C=O) groups is 1. The number of halogens is 1. The van der Waals surface area contributed by atoms with E-state index in [1.54, 1.807) is 18.9 Å². The molecule has 138 valence electrons. The van der Waals surface area contributed by atoms with E-state index in [1.807, 2.05) is 55.4 Å². The van der Waals surface area contributed by atoms with Gasteiger partial charge in [0.15, 0.2) is 0 Å². The summed E-state index contributed by atoms with van der Waals surface area (Å²) < 4.78 is 6.19. The molecule has 3 rings (SSSR count). The molecule has 4 nitrogen and oxygen atoms in total. The maximum atomic E-state index is 13.4. The Labute approximate surface area is 167 Å². The van der Waals surface area contributed by atoms with Crippen molar-refractivity contribution in [1.82, 2.24) is 4.90 Å². The van der Waals surface area contributed by atoms with Gasteiger partial charge in [0.05, 0.1) is 23.2 Å². The van der Waals surface area contributed by atoms with Gasteiger partial charge in [0.25, 0.3) is 0 Å². The Morgan fingerprint density at radius 2 is 2.04 bits per heavy atom. The Balaban J connectivity index is 1.96. The predicted octanol–water partition coefficient (Wildman–Crippen LogP) is 4.24. The van der Waals surface area contributed by atoms with Crippen molar-refractivity contribution in [1.29, 1.82) is 0 Å². The standard InChI is InChI=1S/C20H23BrN2O2S/c1-22(2)10-11-23-17-6-4-5-7-19(17)26-13-15(20(23)24)14-8-9-18(25-3)16(21)12-14/h4-9,12,15H,10-11,13H2,1-3H3. The Hall–Kier alpha value is -1.50. The van der Waals surface area contributed by atoms with E-state index in [1.165, 1.54) is 0 Å². The monoisotopic (exact) mass is 434 g/mol. The molecule has 2 aromatic rings. The molecule has 0 aromatic heterocycles. The summed E-state index contributed by atoms with van der Waals surface area (Å²) in [5.74, 6) is 1.47. The number of amides is 1. The van der Waals surface area contributed by atoms with Gasteiger partial charge in [-0.05, 0) is 59.9 Å². The summed E-state index contributed by atoms with van der Waals surface area (Å²) in [7, 11) is 5.70. The van der Waals surface area contributed by atoms with Crippen LogP contribution in [0.4, 0.5) is 5.69 Å². The van der Waals surface area contributed by atoms with E-state index in [9.17, 15) is 4.79 Å². The molecule has 1 heterocycles. The van der Waals surface area contributed by atoms with E-state index in [4.69, 9.17) is 4.74 Å². The molecule has 1 aliphatic rings. The number of nitrogens with zero attached hydrogens (tertiary/aromatic N) is 2. The largest absolute Gasteiger partial charge is 0.496 e. The number of methoxy groups -OCH3 is 1. The second-order valence-electron chi connectivity index (χ2n) is 6.52. The van der Waals surface area contributed by atoms with Gasteiger partial charge in [-0.3, -0.25) is 4.79 Å². The lowest BCUT2D eigenvalue weighted by atomic mass is 9.99. The molecule has 6 heteroatoms. The highest BCUT2D eigenvalue weighted by molar-refractivity contribution is 9.10. The molecule has 0 radical (unpaired) electrons. The van der Waals surface area contributed by atoms with Crippen LogP contribution in [-0.4, -0.2) is 50.9 Å². The number of hydrogen-bond donors (Lipinski definition) is 0. The smallest absolute Gasteiger partial charge is 0.235 e. The molecule has 1 amide bonds. The zero-order valence-electron chi connectivity index (χ0n) is 15.2. The molecule has 2 aromatic carbocycles. The van der Waals surface area contributed by atoms with Crippen LogP contribution in [0.1, 0.15) is 11.5 Å². The van der Waals surface area contributed by atoms with Crippen molar-refractivity contribution in [2.24, 2.45) is 0 Å². The summed E-state index contributed by atoms with van der Waals surface area (Å²) in [5, 5.41) is 0. The van der Waals surface area contributed by atoms with Crippen LogP contribution in [0.15, 0.2) is 51.8 Å². The highest BCUT2D eigenvalue weighted by atomic mass is 79.9. The molecule has 0 aliphatic carbocycles. The van der Waals surface area contributed by atoms with Crippen molar-refractivity contribution in [2.75, 3.05) is 44.9 Å². The van der Waals surface area contributed by atoms with Crippen molar-refractivity contribution in [2.45, 2.75) is 10.8 Å². The molecule has 0 saturated heterocycles. The number of thioether (sulfide) groups is 1. The summed E-state index contributed by atoms with van der Waals surface area (Å²) in [6.07, 6.45) is 0. The minimum absolute atomic E-state index is 0.154. The van der Waals surface area contributed by atoms with Gasteiger partial charge in [0, 0.05) is 23.7 Å². The van der Waals surface area contributed by atoms with Gasteiger partial charge in [0.2, 0.25) is 5.91 Å². The third-order valence-electron chi connectivity index (χ3n) is 4.47. The highest BCUT2D eigenvalue weighted by Gasteiger charge is 2.32. The number of rotatable bonds is 5. The number of anilines is 1. The lowest BCUT2D eigenvalue weighted by Gasteiger charge is -2.27. The second kappa shape index (κ2) is 8.46. The van der Waals surface area contributed by atoms with Gasteiger partial charge in [0.1, 0.15) is 5.75 Å². The lowest BCUT2D eigenvalue weighted by molar-refractivity contribution is -0.119. The minimum atomic E-state index is -0.184. The third-order valence-corrected chi connectivity index (χ3v) is 6.25. The van der Waals surface area contributed by atoms with Crippen LogP contribution < -0.4 is 9.64 Å². The summed E-state index contributed by atoms with van der Waals surface area (Å²) in [4.78, 5) is 18.6. The fourth-order valence-corrected chi connectivity index (χ4v) is 4.76. The third kappa shape index (κ3) is 4.08. The summed E-state index contributed by atoms with van der Waals surface area (Å²) in [5.41, 5.74) is 2.03. The predicted molar refractivity (Wildman–Crippen MR) is 112 cm³/mol. The van der Waals surface area contributed by atoms with Crippen LogP contribution in [0.5, 0.6) is 5.75 Å². The van der Waals surface area contributed by atoms with Crippen molar-refractivity contribution >= 4 is 39.3 Å². The zero-order valence-corrected chi connectivity index (χ0v) is 17.6. The number of hydrogen-bond acceptors (Lipinski definition) is 4. The number of carbonyl (C=O) groups excluding carboxylic acids is 1. The number of benzene rings is 2. The van der Waals surface area contributed by atoms with Gasteiger partial charge in [-0.15, -0.1) is 11.8 Å². The van der Waals surface area contributed by atoms with Gasteiger partial charge in [-0.25, -0.2) is 0 Å². The Morgan fingerprint density at radius 3 is 2.73 bits per heavy atom. The molecular formula is C20H23BrN2O2S. The number of ether oxygens (including phenoxy) is 1. The van der Waals surface area contributed by atoms with Gasteiger partial charge in [-0.2, -0.15) is 0 Å². The number of likely N-dealkylation sites (N-methyl/N-ethyl adjacent to an activating group) is 1. The van der Waals surface area contributed by atoms with Crippen LogP contribution in [0, 0.1) is 0 Å². The topological polar surface area (TPSA) is 32.8 Å². The summed E-state index contributed by atoms with van der Waals surface area (Å²) >= 11 is 5.29. The van der Waals surface area contributed by atoms with Gasteiger partial charge >= 0.3 is 0 Å². The maximum Gasteiger partial charge on any atom is 0.235 e. The van der Waals surface area contributed by atoms with Crippen LogP contribution in [0.3, 0.4) is 0 Å². The molecule has 0 fully saturated rings. The fourth-order valence-electron chi connectivity index (χ4n) is 3.02. The second-order valence-corrected chi connectivity index (χ2v) is 8.43. The minimum Gasteiger partial charge on any atom is -0.496 e. The molecule has 1 atom stereocenters. The quantitative estimate of drug-likeness (QED) is 0.704. The summed E-state index contributed by atoms with van der Waals surface area (Å²) in [6, 6.07) is 14.1. The maximum absolute atomic E-state index is 13.4. The van der Waals surface area contributed by atoms with Crippen molar-refractivity contribution < 1.29 is 9.53 Å². The van der Waals surface area contributed by atoms with Gasteiger partial charge in [-0.1, -0.05) is 18.2 Å². The van der Waals surface area contributed by atoms with Crippen molar-refractivity contribution in [3.8, 4) is 5.75 Å². The summed E-state index contributed by atoms with van der Waals surface area (Å²) in [6.45, 7) is 1.50. The first-order valence-corrected chi connectivity index (χ1v) is 10.3. The fraction of sp³-hybridized carbons (Fsp3) is 0.350. The Kier molecular flexibility index (Phi) is 6.27. The van der Waals surface area contributed by atoms with E-state index in [0.29, 0.717) is 6.54 Å². The number of fused-ring (bicyclic) bond motifs is 1. The van der Waals surface area contributed by atoms with E-state index < -0.39 is 0 Å². The van der Waals surface area contributed by atoms with Crippen LogP contribution in [0.25, 0.3) is 0 Å². The molecule has 1 unspecified atom stereocenters. The molecule has 0 saturated carbocycles. The van der Waals surface area contributed by atoms with E-state index >= 15 is 0 Å². The van der Waals surface area contributed by atoms with Crippen LogP contribution >= 0.6 is 27.7 Å². The molecular weight excluding hydrogens is 412 g/mol. The average molecular weight is 435 g/mol. The Morgan fingerprint density at radius 1 is 1.27 bits per heavy atom.